The van der Waals surface area contributed by atoms with Gasteiger partial charge in [-0.1, -0.05) is 19.4 Å². The zero-order valence-corrected chi connectivity index (χ0v) is 11.9. The van der Waals surface area contributed by atoms with E-state index in [1.165, 1.54) is 0 Å². The van der Waals surface area contributed by atoms with Crippen LogP contribution in [0.4, 0.5) is 5.82 Å². The Morgan fingerprint density at radius 3 is 3.05 bits per heavy atom. The van der Waals surface area contributed by atoms with Gasteiger partial charge in [0, 0.05) is 37.8 Å². The minimum absolute atomic E-state index is 0.282. The number of aromatic nitrogens is 1. The molecule has 2 heterocycles. The number of pyridine rings is 1. The van der Waals surface area contributed by atoms with Gasteiger partial charge in [-0.2, -0.15) is 0 Å². The van der Waals surface area contributed by atoms with Crippen LogP contribution in [-0.4, -0.2) is 28.9 Å². The molecule has 2 rings (SSSR count). The first kappa shape index (κ1) is 13.8. The zero-order valence-electron chi connectivity index (χ0n) is 11.9. The van der Waals surface area contributed by atoms with Gasteiger partial charge in [0.1, 0.15) is 5.82 Å². The van der Waals surface area contributed by atoms with Gasteiger partial charge < -0.3 is 10.2 Å². The number of hydrogen-bond donors (Lipinski definition) is 1. The van der Waals surface area contributed by atoms with Gasteiger partial charge in [-0.15, -0.1) is 0 Å². The standard InChI is InChI=1S/C15H23N3O/c1-3-6-12-9-14(19)18(10-12)11-13-7-5-8-17-15(13)16-4-2/h5,7-8,12H,3-4,6,9-11H2,1-2H3,(H,16,17). The molecule has 19 heavy (non-hydrogen) atoms. The van der Waals surface area contributed by atoms with Crippen LogP contribution in [0.5, 0.6) is 0 Å². The number of hydrogen-bond acceptors (Lipinski definition) is 3. The number of carbonyl (C=O) groups is 1. The van der Waals surface area contributed by atoms with Crippen LogP contribution in [0.25, 0.3) is 0 Å². The van der Waals surface area contributed by atoms with Crippen LogP contribution in [-0.2, 0) is 11.3 Å². The van der Waals surface area contributed by atoms with E-state index >= 15 is 0 Å². The van der Waals surface area contributed by atoms with Crippen molar-refractivity contribution >= 4 is 11.7 Å². The predicted molar refractivity (Wildman–Crippen MR) is 76.8 cm³/mol. The Balaban J connectivity index is 2.03. The van der Waals surface area contributed by atoms with Crippen molar-refractivity contribution < 1.29 is 4.79 Å². The Hall–Kier alpha value is -1.58. The molecule has 1 amide bonds. The van der Waals surface area contributed by atoms with Crippen molar-refractivity contribution in [1.82, 2.24) is 9.88 Å². The number of nitrogens with one attached hydrogen (secondary N) is 1. The summed E-state index contributed by atoms with van der Waals surface area (Å²) in [6.45, 7) is 6.65. The minimum Gasteiger partial charge on any atom is -0.370 e. The molecule has 1 aliphatic rings. The maximum Gasteiger partial charge on any atom is 0.223 e. The average Bonchev–Trinajstić information content (AvgIpc) is 2.73. The van der Waals surface area contributed by atoms with E-state index in [9.17, 15) is 4.79 Å². The first-order chi connectivity index (χ1) is 9.24. The molecule has 1 fully saturated rings. The number of carbonyl (C=O) groups excluding carboxylic acids is 1. The normalized spacial score (nSPS) is 18.9. The molecule has 104 valence electrons. The summed E-state index contributed by atoms with van der Waals surface area (Å²) in [6, 6.07) is 3.98. The Labute approximate surface area is 115 Å². The Morgan fingerprint density at radius 1 is 1.47 bits per heavy atom. The Kier molecular flexibility index (Phi) is 4.77. The highest BCUT2D eigenvalue weighted by Crippen LogP contribution is 2.25. The number of rotatable bonds is 6. The summed E-state index contributed by atoms with van der Waals surface area (Å²) < 4.78 is 0. The van der Waals surface area contributed by atoms with Crippen molar-refractivity contribution in [2.45, 2.75) is 39.7 Å². The van der Waals surface area contributed by atoms with E-state index in [0.29, 0.717) is 18.9 Å². The highest BCUT2D eigenvalue weighted by molar-refractivity contribution is 5.78. The topological polar surface area (TPSA) is 45.2 Å². The summed E-state index contributed by atoms with van der Waals surface area (Å²) >= 11 is 0. The SMILES string of the molecule is CCCC1CC(=O)N(Cc2cccnc2NCC)C1. The Bertz CT molecular complexity index is 433. The van der Waals surface area contributed by atoms with Crippen LogP contribution < -0.4 is 5.32 Å². The molecule has 1 aromatic heterocycles. The number of nitrogens with zero attached hydrogens (tertiary/aromatic N) is 2. The van der Waals surface area contributed by atoms with Crippen molar-refractivity contribution in [2.75, 3.05) is 18.4 Å². The predicted octanol–water partition coefficient (Wildman–Crippen LogP) is 2.66. The summed E-state index contributed by atoms with van der Waals surface area (Å²) in [4.78, 5) is 18.3. The van der Waals surface area contributed by atoms with E-state index in [1.807, 2.05) is 17.0 Å². The maximum atomic E-state index is 12.0. The minimum atomic E-state index is 0.282. The van der Waals surface area contributed by atoms with Gasteiger partial charge in [-0.05, 0) is 25.3 Å². The highest BCUT2D eigenvalue weighted by atomic mass is 16.2. The third kappa shape index (κ3) is 3.46. The zero-order chi connectivity index (χ0) is 13.7. The van der Waals surface area contributed by atoms with E-state index in [4.69, 9.17) is 0 Å². The second-order valence-corrected chi connectivity index (χ2v) is 5.17. The number of amides is 1. The van der Waals surface area contributed by atoms with Crippen molar-refractivity contribution in [3.8, 4) is 0 Å². The largest absolute Gasteiger partial charge is 0.370 e. The summed E-state index contributed by atoms with van der Waals surface area (Å²) in [6.07, 6.45) is 4.80. The Morgan fingerprint density at radius 2 is 2.32 bits per heavy atom. The number of anilines is 1. The van der Waals surface area contributed by atoms with Gasteiger partial charge in [0.15, 0.2) is 0 Å². The van der Waals surface area contributed by atoms with Crippen LogP contribution in [0.3, 0.4) is 0 Å². The van der Waals surface area contributed by atoms with Gasteiger partial charge in [0.05, 0.1) is 0 Å². The lowest BCUT2D eigenvalue weighted by molar-refractivity contribution is -0.128. The molecule has 1 N–H and O–H groups in total. The molecule has 1 unspecified atom stereocenters. The monoisotopic (exact) mass is 261 g/mol. The van der Waals surface area contributed by atoms with Gasteiger partial charge >= 0.3 is 0 Å². The van der Waals surface area contributed by atoms with Crippen molar-refractivity contribution in [1.29, 1.82) is 0 Å². The van der Waals surface area contributed by atoms with Gasteiger partial charge in [0.2, 0.25) is 5.91 Å². The van der Waals surface area contributed by atoms with E-state index < -0.39 is 0 Å². The molecule has 0 bridgehead atoms. The quantitative estimate of drug-likeness (QED) is 0.856. The molecular formula is C15H23N3O. The van der Waals surface area contributed by atoms with Crippen LogP contribution >= 0.6 is 0 Å². The molecule has 0 radical (unpaired) electrons. The van der Waals surface area contributed by atoms with Gasteiger partial charge in [-0.3, -0.25) is 4.79 Å². The third-order valence-corrected chi connectivity index (χ3v) is 3.59. The van der Waals surface area contributed by atoms with E-state index in [0.717, 1.165) is 37.3 Å². The van der Waals surface area contributed by atoms with E-state index in [1.54, 1.807) is 6.20 Å². The molecule has 0 aromatic carbocycles. The lowest BCUT2D eigenvalue weighted by Gasteiger charge is -2.18. The van der Waals surface area contributed by atoms with Crippen LogP contribution in [0.1, 0.15) is 38.7 Å². The third-order valence-electron chi connectivity index (χ3n) is 3.59. The molecule has 1 atom stereocenters. The molecule has 1 aliphatic heterocycles. The fourth-order valence-corrected chi connectivity index (χ4v) is 2.71. The molecule has 0 spiro atoms. The first-order valence-corrected chi connectivity index (χ1v) is 7.20. The maximum absolute atomic E-state index is 12.0. The molecule has 0 saturated carbocycles. The molecule has 0 aliphatic carbocycles. The molecular weight excluding hydrogens is 238 g/mol. The van der Waals surface area contributed by atoms with Gasteiger partial charge in [-0.25, -0.2) is 4.98 Å². The second kappa shape index (κ2) is 6.55. The average molecular weight is 261 g/mol. The summed E-state index contributed by atoms with van der Waals surface area (Å²) in [7, 11) is 0. The molecule has 4 heteroatoms. The number of likely N-dealkylation sites (tertiary alicyclic amines) is 1. The fraction of sp³-hybridized carbons (Fsp3) is 0.600. The van der Waals surface area contributed by atoms with E-state index in [-0.39, 0.29) is 5.91 Å². The van der Waals surface area contributed by atoms with E-state index in [2.05, 4.69) is 24.1 Å². The highest BCUT2D eigenvalue weighted by Gasteiger charge is 2.29. The summed E-state index contributed by atoms with van der Waals surface area (Å²) in [5.41, 5.74) is 1.11. The summed E-state index contributed by atoms with van der Waals surface area (Å²) in [5, 5.41) is 3.25. The smallest absolute Gasteiger partial charge is 0.223 e. The molecule has 1 saturated heterocycles. The second-order valence-electron chi connectivity index (χ2n) is 5.17. The molecule has 4 nitrogen and oxygen atoms in total. The molecule has 1 aromatic rings. The fourth-order valence-electron chi connectivity index (χ4n) is 2.71. The van der Waals surface area contributed by atoms with Gasteiger partial charge in [0.25, 0.3) is 0 Å². The van der Waals surface area contributed by atoms with Crippen molar-refractivity contribution in [3.63, 3.8) is 0 Å². The van der Waals surface area contributed by atoms with Crippen LogP contribution in [0.2, 0.25) is 0 Å². The first-order valence-electron chi connectivity index (χ1n) is 7.20. The van der Waals surface area contributed by atoms with Crippen molar-refractivity contribution in [3.05, 3.63) is 23.9 Å². The lowest BCUT2D eigenvalue weighted by atomic mass is 10.0. The van der Waals surface area contributed by atoms with Crippen LogP contribution in [0.15, 0.2) is 18.3 Å². The van der Waals surface area contributed by atoms with Crippen molar-refractivity contribution in [2.24, 2.45) is 5.92 Å². The lowest BCUT2D eigenvalue weighted by Crippen LogP contribution is -2.25. The van der Waals surface area contributed by atoms with Crippen LogP contribution in [0, 0.1) is 5.92 Å². The summed E-state index contributed by atoms with van der Waals surface area (Å²) in [5.74, 6) is 1.72.